The van der Waals surface area contributed by atoms with Gasteiger partial charge in [-0.3, -0.25) is 5.43 Å². The molecule has 3 N–H and O–H groups in total. The lowest BCUT2D eigenvalue weighted by Crippen LogP contribution is -2.21. The van der Waals surface area contributed by atoms with Crippen molar-refractivity contribution in [2.75, 3.05) is 43.4 Å². The second kappa shape index (κ2) is 4.05. The average molecular weight is 197 g/mol. The minimum atomic E-state index is 0.354. The van der Waals surface area contributed by atoms with Gasteiger partial charge >= 0.3 is 0 Å². The number of nitrogens with zero attached hydrogens (tertiary/aromatic N) is 5. The summed E-state index contributed by atoms with van der Waals surface area (Å²) in [7, 11) is 7.42. The second-order valence-electron chi connectivity index (χ2n) is 3.19. The fourth-order valence-corrected chi connectivity index (χ4v) is 0.818. The second-order valence-corrected chi connectivity index (χ2v) is 3.19. The number of hydrogen-bond acceptors (Lipinski definition) is 7. The Bertz CT molecular complexity index is 283. The molecule has 0 aromatic carbocycles. The van der Waals surface area contributed by atoms with Gasteiger partial charge in [0.15, 0.2) is 0 Å². The van der Waals surface area contributed by atoms with Crippen LogP contribution in [0.5, 0.6) is 0 Å². The molecule has 0 unspecified atom stereocenters. The summed E-state index contributed by atoms with van der Waals surface area (Å²) in [6.45, 7) is 0. The number of anilines is 3. The molecule has 0 aliphatic rings. The maximum atomic E-state index is 5.25. The van der Waals surface area contributed by atoms with Gasteiger partial charge in [0.05, 0.1) is 0 Å². The van der Waals surface area contributed by atoms with Crippen LogP contribution in [-0.2, 0) is 0 Å². The molecular weight excluding hydrogens is 182 g/mol. The summed E-state index contributed by atoms with van der Waals surface area (Å²) < 4.78 is 0. The highest BCUT2D eigenvalue weighted by Crippen LogP contribution is 2.11. The number of nitrogens with two attached hydrogens (primary N) is 1. The van der Waals surface area contributed by atoms with Gasteiger partial charge in [-0.1, -0.05) is 0 Å². The Morgan fingerprint density at radius 3 is 1.64 bits per heavy atom. The van der Waals surface area contributed by atoms with E-state index in [1.165, 1.54) is 0 Å². The molecule has 1 heterocycles. The molecule has 0 saturated carbocycles. The fourth-order valence-electron chi connectivity index (χ4n) is 0.818. The van der Waals surface area contributed by atoms with E-state index >= 15 is 0 Å². The Balaban J connectivity index is 3.13. The quantitative estimate of drug-likeness (QED) is 0.489. The zero-order chi connectivity index (χ0) is 10.7. The smallest absolute Gasteiger partial charge is 0.243 e. The Kier molecular flexibility index (Phi) is 3.03. The highest BCUT2D eigenvalue weighted by Gasteiger charge is 2.07. The van der Waals surface area contributed by atoms with Gasteiger partial charge in [0, 0.05) is 28.2 Å². The molecule has 0 amide bonds. The van der Waals surface area contributed by atoms with E-state index in [0.29, 0.717) is 17.8 Å². The van der Waals surface area contributed by atoms with Crippen LogP contribution in [0.4, 0.5) is 17.8 Å². The lowest BCUT2D eigenvalue weighted by Gasteiger charge is -2.15. The summed E-state index contributed by atoms with van der Waals surface area (Å²) in [5, 5.41) is 0. The molecule has 1 aromatic heterocycles. The minimum Gasteiger partial charge on any atom is -0.347 e. The molecule has 0 atom stereocenters. The van der Waals surface area contributed by atoms with E-state index in [9.17, 15) is 0 Å². The fraction of sp³-hybridized carbons (Fsp3) is 0.571. The molecule has 0 bridgehead atoms. The standard InChI is InChI=1S/C7H15N7/c1-13(2)6-9-5(12-8)10-7(11-6)14(3)4/h8H2,1-4H3,(H,9,10,11,12). The molecule has 0 radical (unpaired) electrons. The van der Waals surface area contributed by atoms with Gasteiger partial charge in [0.2, 0.25) is 17.8 Å². The summed E-state index contributed by atoms with van der Waals surface area (Å²) >= 11 is 0. The molecule has 0 spiro atoms. The predicted molar refractivity (Wildman–Crippen MR) is 56.3 cm³/mol. The normalized spacial score (nSPS) is 9.79. The van der Waals surface area contributed by atoms with Gasteiger partial charge in [0.1, 0.15) is 0 Å². The molecule has 7 heteroatoms. The van der Waals surface area contributed by atoms with Gasteiger partial charge < -0.3 is 9.80 Å². The van der Waals surface area contributed by atoms with Crippen LogP contribution in [0.15, 0.2) is 0 Å². The highest BCUT2D eigenvalue weighted by molar-refractivity contribution is 5.42. The van der Waals surface area contributed by atoms with E-state index in [0.717, 1.165) is 0 Å². The Morgan fingerprint density at radius 2 is 1.36 bits per heavy atom. The number of hydrazine groups is 1. The first-order valence-electron chi connectivity index (χ1n) is 4.12. The molecule has 0 aliphatic heterocycles. The molecule has 1 rings (SSSR count). The lowest BCUT2D eigenvalue weighted by atomic mass is 10.7. The first-order valence-corrected chi connectivity index (χ1v) is 4.12. The molecule has 0 fully saturated rings. The van der Waals surface area contributed by atoms with Crippen molar-refractivity contribution >= 4 is 17.8 Å². The van der Waals surface area contributed by atoms with Gasteiger partial charge in [-0.05, 0) is 0 Å². The first kappa shape index (κ1) is 10.5. The summed E-state index contributed by atoms with van der Waals surface area (Å²) in [6, 6.07) is 0. The zero-order valence-electron chi connectivity index (χ0n) is 8.81. The lowest BCUT2D eigenvalue weighted by molar-refractivity contribution is 0.913. The molecule has 0 saturated heterocycles. The predicted octanol–water partition coefficient (Wildman–Crippen LogP) is -0.711. The maximum absolute atomic E-state index is 5.25. The Morgan fingerprint density at radius 1 is 0.929 bits per heavy atom. The number of aromatic nitrogens is 3. The topological polar surface area (TPSA) is 83.2 Å². The molecular formula is C7H15N7. The number of nitrogen functional groups attached to an aromatic ring is 1. The van der Waals surface area contributed by atoms with Crippen molar-refractivity contribution in [2.24, 2.45) is 5.84 Å². The van der Waals surface area contributed by atoms with Crippen molar-refractivity contribution in [3.63, 3.8) is 0 Å². The average Bonchev–Trinajstić information content (AvgIpc) is 2.16. The SMILES string of the molecule is CN(C)c1nc(NN)nc(N(C)C)n1. The maximum Gasteiger partial charge on any atom is 0.243 e. The van der Waals surface area contributed by atoms with Crippen LogP contribution in [0.25, 0.3) is 0 Å². The largest absolute Gasteiger partial charge is 0.347 e. The van der Waals surface area contributed by atoms with Crippen molar-refractivity contribution in [1.29, 1.82) is 0 Å². The van der Waals surface area contributed by atoms with Crippen LogP contribution < -0.4 is 21.1 Å². The third kappa shape index (κ3) is 2.19. The van der Waals surface area contributed by atoms with Crippen molar-refractivity contribution in [2.45, 2.75) is 0 Å². The van der Waals surface area contributed by atoms with Crippen LogP contribution in [0.3, 0.4) is 0 Å². The zero-order valence-corrected chi connectivity index (χ0v) is 8.81. The van der Waals surface area contributed by atoms with Crippen molar-refractivity contribution in [1.82, 2.24) is 15.0 Å². The van der Waals surface area contributed by atoms with Gasteiger partial charge in [-0.2, -0.15) is 15.0 Å². The number of hydrogen-bond donors (Lipinski definition) is 2. The van der Waals surface area contributed by atoms with E-state index in [4.69, 9.17) is 5.84 Å². The minimum absolute atomic E-state index is 0.354. The summed E-state index contributed by atoms with van der Waals surface area (Å²) in [4.78, 5) is 15.9. The first-order chi connectivity index (χ1) is 6.54. The molecule has 7 nitrogen and oxygen atoms in total. The monoisotopic (exact) mass is 197 g/mol. The highest BCUT2D eigenvalue weighted by atomic mass is 15.4. The molecule has 1 aromatic rings. The van der Waals surface area contributed by atoms with Crippen molar-refractivity contribution in [3.8, 4) is 0 Å². The van der Waals surface area contributed by atoms with E-state index in [-0.39, 0.29) is 0 Å². The van der Waals surface area contributed by atoms with Gasteiger partial charge in [0.25, 0.3) is 0 Å². The van der Waals surface area contributed by atoms with Crippen LogP contribution in [0, 0.1) is 0 Å². The van der Waals surface area contributed by atoms with E-state index in [1.54, 1.807) is 9.80 Å². The van der Waals surface area contributed by atoms with Gasteiger partial charge in [-0.25, -0.2) is 5.84 Å². The molecule has 78 valence electrons. The Hall–Kier alpha value is -1.63. The van der Waals surface area contributed by atoms with Crippen molar-refractivity contribution in [3.05, 3.63) is 0 Å². The van der Waals surface area contributed by atoms with Gasteiger partial charge in [-0.15, -0.1) is 0 Å². The van der Waals surface area contributed by atoms with Crippen LogP contribution >= 0.6 is 0 Å². The third-order valence-corrected chi connectivity index (χ3v) is 1.54. The number of rotatable bonds is 3. The van der Waals surface area contributed by atoms with E-state index in [2.05, 4.69) is 20.4 Å². The summed E-state index contributed by atoms with van der Waals surface area (Å²) in [5.74, 6) is 6.73. The summed E-state index contributed by atoms with van der Waals surface area (Å²) in [6.07, 6.45) is 0. The number of nitrogens with one attached hydrogen (secondary N) is 1. The van der Waals surface area contributed by atoms with Crippen LogP contribution in [0.1, 0.15) is 0 Å². The third-order valence-electron chi connectivity index (χ3n) is 1.54. The van der Waals surface area contributed by atoms with E-state index in [1.807, 2.05) is 28.2 Å². The van der Waals surface area contributed by atoms with Crippen molar-refractivity contribution < 1.29 is 0 Å². The molecule has 14 heavy (non-hydrogen) atoms. The molecule has 0 aliphatic carbocycles. The summed E-state index contributed by atoms with van der Waals surface area (Å²) in [5.41, 5.74) is 2.40. The van der Waals surface area contributed by atoms with Crippen LogP contribution in [-0.4, -0.2) is 43.1 Å². The van der Waals surface area contributed by atoms with Crippen LogP contribution in [0.2, 0.25) is 0 Å². The van der Waals surface area contributed by atoms with E-state index < -0.39 is 0 Å². The Labute approximate surface area is 82.9 Å².